The molecule has 2 heteroatoms. The first-order valence-corrected chi connectivity index (χ1v) is 19.0. The van der Waals surface area contributed by atoms with Crippen molar-refractivity contribution in [1.82, 2.24) is 9.97 Å². The maximum atomic E-state index is 5.38. The Morgan fingerprint density at radius 3 is 1.62 bits per heavy atom. The molecule has 0 fully saturated rings. The molecule has 2 nitrogen and oxygen atoms in total. The Morgan fingerprint density at radius 2 is 0.855 bits per heavy atom. The highest BCUT2D eigenvalue weighted by molar-refractivity contribution is 5.93. The van der Waals surface area contributed by atoms with Gasteiger partial charge in [-0.1, -0.05) is 178 Å². The Labute approximate surface area is 322 Å². The molecule has 0 spiro atoms. The van der Waals surface area contributed by atoms with E-state index in [1.54, 1.807) is 0 Å². The molecule has 9 aromatic rings. The van der Waals surface area contributed by atoms with E-state index in [2.05, 4.69) is 208 Å². The van der Waals surface area contributed by atoms with Crippen LogP contribution in [0.25, 0.3) is 89.2 Å². The van der Waals surface area contributed by atoms with Gasteiger partial charge in [0.15, 0.2) is 5.82 Å². The SMILES string of the molecule is CC1(C)c2ccccc2-c2c(-c3cc(-c4cc(-c5ccccc5)cc(-c5ccc6ccccc6c5)c4)nc(-c4ccc(-c5ccccc5)cc4)n3)cccc21. The summed E-state index contributed by atoms with van der Waals surface area (Å²) in [6, 6.07) is 69.7. The van der Waals surface area contributed by atoms with Gasteiger partial charge < -0.3 is 0 Å². The van der Waals surface area contributed by atoms with Crippen LogP contribution in [0.5, 0.6) is 0 Å². The third kappa shape index (κ3) is 5.84. The Kier molecular flexibility index (Phi) is 7.85. The van der Waals surface area contributed by atoms with Crippen LogP contribution in [0.15, 0.2) is 194 Å². The van der Waals surface area contributed by atoms with Gasteiger partial charge in [0.1, 0.15) is 0 Å². The number of rotatable bonds is 6. The first-order chi connectivity index (χ1) is 27.0. The second-order valence-corrected chi connectivity index (χ2v) is 15.0. The van der Waals surface area contributed by atoms with E-state index in [9.17, 15) is 0 Å². The maximum absolute atomic E-state index is 5.38. The lowest BCUT2D eigenvalue weighted by Gasteiger charge is -2.21. The Hall–Kier alpha value is -6.90. The van der Waals surface area contributed by atoms with Crippen LogP contribution in [0.4, 0.5) is 0 Å². The molecule has 0 aliphatic heterocycles. The summed E-state index contributed by atoms with van der Waals surface area (Å²) in [7, 11) is 0. The van der Waals surface area contributed by atoms with Gasteiger partial charge in [0.25, 0.3) is 0 Å². The normalized spacial score (nSPS) is 12.7. The molecule has 1 heterocycles. The number of hydrogen-bond donors (Lipinski definition) is 0. The fraction of sp³-hybridized carbons (Fsp3) is 0.0566. The first kappa shape index (κ1) is 32.7. The lowest BCUT2D eigenvalue weighted by Crippen LogP contribution is -2.14. The minimum atomic E-state index is -0.118. The van der Waals surface area contributed by atoms with Crippen molar-refractivity contribution in [2.75, 3.05) is 0 Å². The van der Waals surface area contributed by atoms with Gasteiger partial charge in [-0.2, -0.15) is 0 Å². The van der Waals surface area contributed by atoms with Crippen LogP contribution in [0.2, 0.25) is 0 Å². The molecule has 1 aliphatic carbocycles. The minimum absolute atomic E-state index is 0.118. The quantitative estimate of drug-likeness (QED) is 0.172. The fourth-order valence-electron chi connectivity index (χ4n) is 8.38. The monoisotopic (exact) mass is 702 g/mol. The maximum Gasteiger partial charge on any atom is 0.160 e. The molecule has 0 unspecified atom stereocenters. The van der Waals surface area contributed by atoms with Crippen molar-refractivity contribution in [3.63, 3.8) is 0 Å². The molecule has 8 aromatic carbocycles. The van der Waals surface area contributed by atoms with E-state index in [-0.39, 0.29) is 5.41 Å². The Morgan fingerprint density at radius 1 is 0.327 bits per heavy atom. The summed E-state index contributed by atoms with van der Waals surface area (Å²) in [5.74, 6) is 0.702. The van der Waals surface area contributed by atoms with Gasteiger partial charge in [0.2, 0.25) is 0 Å². The molecular formula is C53H38N2. The summed E-state index contributed by atoms with van der Waals surface area (Å²) < 4.78 is 0. The third-order valence-corrected chi connectivity index (χ3v) is 11.3. The molecule has 55 heavy (non-hydrogen) atoms. The summed E-state index contributed by atoms with van der Waals surface area (Å²) in [6.07, 6.45) is 0. The highest BCUT2D eigenvalue weighted by Crippen LogP contribution is 2.52. The van der Waals surface area contributed by atoms with E-state index in [4.69, 9.17) is 9.97 Å². The van der Waals surface area contributed by atoms with E-state index in [1.807, 2.05) is 0 Å². The number of hydrogen-bond acceptors (Lipinski definition) is 2. The predicted molar refractivity (Wildman–Crippen MR) is 230 cm³/mol. The molecule has 10 rings (SSSR count). The average molecular weight is 703 g/mol. The number of benzene rings is 8. The van der Waals surface area contributed by atoms with E-state index >= 15 is 0 Å². The molecule has 260 valence electrons. The van der Waals surface area contributed by atoms with Crippen molar-refractivity contribution in [1.29, 1.82) is 0 Å². The largest absolute Gasteiger partial charge is 0.228 e. The Bertz CT molecular complexity index is 2870. The van der Waals surface area contributed by atoms with Crippen molar-refractivity contribution in [2.45, 2.75) is 19.3 Å². The topological polar surface area (TPSA) is 25.8 Å². The smallest absolute Gasteiger partial charge is 0.160 e. The van der Waals surface area contributed by atoms with Crippen LogP contribution in [-0.4, -0.2) is 9.97 Å². The number of nitrogens with zero attached hydrogens (tertiary/aromatic N) is 2. The van der Waals surface area contributed by atoms with Gasteiger partial charge in [-0.3, -0.25) is 0 Å². The van der Waals surface area contributed by atoms with E-state index in [1.165, 1.54) is 44.2 Å². The molecule has 0 atom stereocenters. The predicted octanol–water partition coefficient (Wildman–Crippen LogP) is 13.9. The van der Waals surface area contributed by atoms with Crippen molar-refractivity contribution >= 4 is 10.8 Å². The van der Waals surface area contributed by atoms with Gasteiger partial charge in [-0.25, -0.2) is 9.97 Å². The molecule has 0 bridgehead atoms. The van der Waals surface area contributed by atoms with Gasteiger partial charge >= 0.3 is 0 Å². The van der Waals surface area contributed by atoms with Gasteiger partial charge in [-0.15, -0.1) is 0 Å². The molecular weight excluding hydrogens is 665 g/mol. The van der Waals surface area contributed by atoms with Crippen LogP contribution in [-0.2, 0) is 5.41 Å². The third-order valence-electron chi connectivity index (χ3n) is 11.3. The standard InChI is InChI=1S/C53H38N2/c1-53(2)47-22-12-11-20-45(47)51-46(21-13-23-48(51)53)50-34-49(54-52(55-50)39-27-24-38(25-28-39)35-14-5-3-6-15-35)44-32-42(36-16-7-4-8-17-36)31-43(33-44)41-29-26-37-18-9-10-19-40(37)30-41/h3-34H,1-2H3. The molecule has 1 aromatic heterocycles. The second-order valence-electron chi connectivity index (χ2n) is 15.0. The molecule has 0 amide bonds. The molecule has 1 aliphatic rings. The van der Waals surface area contributed by atoms with E-state index in [0.717, 1.165) is 50.3 Å². The highest BCUT2D eigenvalue weighted by Gasteiger charge is 2.36. The van der Waals surface area contributed by atoms with E-state index in [0.29, 0.717) is 5.82 Å². The van der Waals surface area contributed by atoms with Gasteiger partial charge in [-0.05, 0) is 96.7 Å². The highest BCUT2D eigenvalue weighted by atomic mass is 14.9. The van der Waals surface area contributed by atoms with Gasteiger partial charge in [0, 0.05) is 22.1 Å². The molecule has 0 saturated carbocycles. The number of aromatic nitrogens is 2. The van der Waals surface area contributed by atoms with Crippen molar-refractivity contribution in [3.05, 3.63) is 205 Å². The molecule has 0 saturated heterocycles. The summed E-state index contributed by atoms with van der Waals surface area (Å²) >= 11 is 0. The van der Waals surface area contributed by atoms with Crippen LogP contribution < -0.4 is 0 Å². The second kappa shape index (κ2) is 13.2. The first-order valence-electron chi connectivity index (χ1n) is 19.0. The van der Waals surface area contributed by atoms with Crippen LogP contribution in [0.3, 0.4) is 0 Å². The lowest BCUT2D eigenvalue weighted by molar-refractivity contribution is 0.660. The van der Waals surface area contributed by atoms with Crippen molar-refractivity contribution in [2.24, 2.45) is 0 Å². The van der Waals surface area contributed by atoms with Crippen molar-refractivity contribution in [3.8, 4) is 78.4 Å². The van der Waals surface area contributed by atoms with Crippen LogP contribution in [0, 0.1) is 0 Å². The average Bonchev–Trinajstić information content (AvgIpc) is 3.49. The summed E-state index contributed by atoms with van der Waals surface area (Å²) in [5, 5.41) is 2.45. The van der Waals surface area contributed by atoms with Crippen LogP contribution >= 0.6 is 0 Å². The lowest BCUT2D eigenvalue weighted by atomic mass is 9.82. The minimum Gasteiger partial charge on any atom is -0.228 e. The van der Waals surface area contributed by atoms with E-state index < -0.39 is 0 Å². The molecule has 0 radical (unpaired) electrons. The van der Waals surface area contributed by atoms with Gasteiger partial charge in [0.05, 0.1) is 11.4 Å². The zero-order valence-electron chi connectivity index (χ0n) is 30.9. The summed E-state index contributed by atoms with van der Waals surface area (Å²) in [4.78, 5) is 10.8. The zero-order chi connectivity index (χ0) is 36.9. The summed E-state index contributed by atoms with van der Waals surface area (Å²) in [6.45, 7) is 4.66. The van der Waals surface area contributed by atoms with Crippen LogP contribution in [0.1, 0.15) is 25.0 Å². The molecule has 0 N–H and O–H groups in total. The Balaban J connectivity index is 1.20. The summed E-state index contributed by atoms with van der Waals surface area (Å²) in [5.41, 5.74) is 17.0. The van der Waals surface area contributed by atoms with Crippen molar-refractivity contribution < 1.29 is 0 Å². The fourth-order valence-corrected chi connectivity index (χ4v) is 8.38. The zero-order valence-corrected chi connectivity index (χ0v) is 30.9. The number of fused-ring (bicyclic) bond motifs is 4.